The van der Waals surface area contributed by atoms with Gasteiger partial charge >= 0.3 is 5.97 Å². The number of carboxylic acids is 1. The van der Waals surface area contributed by atoms with E-state index in [0.717, 1.165) is 17.6 Å². The van der Waals surface area contributed by atoms with E-state index < -0.39 is 27.9 Å². The molecule has 1 atom stereocenters. The average molecular weight is 481 g/mol. The van der Waals surface area contributed by atoms with Crippen molar-refractivity contribution in [2.75, 3.05) is 24.7 Å². The lowest BCUT2D eigenvalue weighted by molar-refractivity contribution is 0.0701. The van der Waals surface area contributed by atoms with Crippen molar-refractivity contribution in [1.29, 1.82) is 0 Å². The second-order valence-electron chi connectivity index (χ2n) is 7.53. The molecule has 1 saturated heterocycles. The molecule has 0 aliphatic carbocycles. The van der Waals surface area contributed by atoms with Crippen LogP contribution in [0.15, 0.2) is 24.5 Å². The van der Waals surface area contributed by atoms with Crippen LogP contribution in [0.25, 0.3) is 10.2 Å². The minimum atomic E-state index is -3.35. The standard InChI is InChI=1S/C20H21FN4O5S2/c1-11-16-18(22-10-23-19(16)31-17(11)20(26)27)24-14-6-5-12(21)8-15(14)30-13-4-3-7-25(9-13)32(2,28)29/h5-6,8,10,13H,3-4,7,9H2,1-2H3,(H,26,27)(H,22,23,24). The van der Waals surface area contributed by atoms with Gasteiger partial charge in [0.1, 0.15) is 39.5 Å². The van der Waals surface area contributed by atoms with Gasteiger partial charge in [-0.15, -0.1) is 11.3 Å². The number of piperidine rings is 1. The zero-order chi connectivity index (χ0) is 23.0. The van der Waals surface area contributed by atoms with Crippen molar-refractivity contribution >= 4 is 49.1 Å². The highest BCUT2D eigenvalue weighted by Crippen LogP contribution is 2.37. The number of aryl methyl sites for hydroxylation is 1. The van der Waals surface area contributed by atoms with Gasteiger partial charge in [0.15, 0.2) is 0 Å². The molecule has 3 aromatic rings. The maximum Gasteiger partial charge on any atom is 0.346 e. The molecule has 9 nitrogen and oxygen atoms in total. The number of nitrogens with zero attached hydrogens (tertiary/aromatic N) is 3. The first-order chi connectivity index (χ1) is 15.1. The van der Waals surface area contributed by atoms with Crippen LogP contribution >= 0.6 is 11.3 Å². The number of aromatic nitrogens is 2. The Morgan fingerprint density at radius 2 is 2.16 bits per heavy atom. The Hall–Kier alpha value is -2.83. The lowest BCUT2D eigenvalue weighted by Gasteiger charge is -2.31. The van der Waals surface area contributed by atoms with E-state index in [9.17, 15) is 22.7 Å². The van der Waals surface area contributed by atoms with E-state index in [0.29, 0.717) is 46.7 Å². The van der Waals surface area contributed by atoms with Crippen LogP contribution in [0.2, 0.25) is 0 Å². The largest absolute Gasteiger partial charge is 0.487 e. The molecule has 0 radical (unpaired) electrons. The van der Waals surface area contributed by atoms with Crippen molar-refractivity contribution in [1.82, 2.24) is 14.3 Å². The molecule has 170 valence electrons. The number of carboxylic acid groups (broad SMARTS) is 1. The Kier molecular flexibility index (Phi) is 6.01. The second kappa shape index (κ2) is 8.60. The summed E-state index contributed by atoms with van der Waals surface area (Å²) in [6.07, 6.45) is 3.30. The Morgan fingerprint density at radius 3 is 2.88 bits per heavy atom. The molecule has 1 fully saturated rings. The number of halogens is 1. The van der Waals surface area contributed by atoms with Gasteiger partial charge in [0.2, 0.25) is 10.0 Å². The molecule has 0 spiro atoms. The number of nitrogens with one attached hydrogen (secondary N) is 1. The van der Waals surface area contributed by atoms with E-state index in [2.05, 4.69) is 15.3 Å². The van der Waals surface area contributed by atoms with Crippen molar-refractivity contribution < 1.29 is 27.4 Å². The van der Waals surface area contributed by atoms with E-state index in [1.807, 2.05) is 0 Å². The van der Waals surface area contributed by atoms with Gasteiger partial charge in [-0.25, -0.2) is 27.6 Å². The summed E-state index contributed by atoms with van der Waals surface area (Å²) in [5.41, 5.74) is 0.951. The van der Waals surface area contributed by atoms with Gasteiger partial charge in [0.25, 0.3) is 0 Å². The number of anilines is 2. The van der Waals surface area contributed by atoms with Crippen LogP contribution in [0.3, 0.4) is 0 Å². The summed E-state index contributed by atoms with van der Waals surface area (Å²) in [5.74, 6) is -0.971. The predicted molar refractivity (Wildman–Crippen MR) is 119 cm³/mol. The van der Waals surface area contributed by atoms with Crippen LogP contribution in [0, 0.1) is 12.7 Å². The van der Waals surface area contributed by atoms with E-state index in [1.54, 1.807) is 6.92 Å². The third-order valence-corrected chi connectivity index (χ3v) is 7.68. The van der Waals surface area contributed by atoms with Crippen LogP contribution in [0.4, 0.5) is 15.9 Å². The van der Waals surface area contributed by atoms with Crippen molar-refractivity contribution in [3.05, 3.63) is 40.8 Å². The number of sulfonamides is 1. The molecular weight excluding hydrogens is 459 g/mol. The molecule has 1 aliphatic rings. The fourth-order valence-corrected chi connectivity index (χ4v) is 5.56. The van der Waals surface area contributed by atoms with Gasteiger partial charge in [-0.3, -0.25) is 0 Å². The van der Waals surface area contributed by atoms with Crippen LogP contribution in [-0.4, -0.2) is 59.2 Å². The molecule has 3 heterocycles. The first-order valence-corrected chi connectivity index (χ1v) is 12.5. The molecule has 12 heteroatoms. The Labute approximate surface area is 187 Å². The minimum absolute atomic E-state index is 0.169. The normalized spacial score (nSPS) is 17.4. The van der Waals surface area contributed by atoms with E-state index >= 15 is 0 Å². The van der Waals surface area contributed by atoms with Crippen LogP contribution < -0.4 is 10.1 Å². The number of thiophene rings is 1. The van der Waals surface area contributed by atoms with E-state index in [1.165, 1.54) is 28.8 Å². The Bertz CT molecular complexity index is 1290. The van der Waals surface area contributed by atoms with Crippen molar-refractivity contribution in [2.24, 2.45) is 0 Å². The number of ether oxygens (including phenoxy) is 1. The van der Waals surface area contributed by atoms with Gasteiger partial charge in [0, 0.05) is 12.6 Å². The Morgan fingerprint density at radius 1 is 1.38 bits per heavy atom. The smallest absolute Gasteiger partial charge is 0.346 e. The average Bonchev–Trinajstić information content (AvgIpc) is 3.07. The number of hydrogen-bond acceptors (Lipinski definition) is 8. The summed E-state index contributed by atoms with van der Waals surface area (Å²) in [5, 5.41) is 13.1. The zero-order valence-electron chi connectivity index (χ0n) is 17.3. The summed E-state index contributed by atoms with van der Waals surface area (Å²) in [6, 6.07) is 3.99. The fourth-order valence-electron chi connectivity index (χ4n) is 3.68. The topological polar surface area (TPSA) is 122 Å². The zero-order valence-corrected chi connectivity index (χ0v) is 19.0. The molecule has 1 aromatic carbocycles. The predicted octanol–water partition coefficient (Wildman–Crippen LogP) is 3.38. The number of carbonyl (C=O) groups is 1. The highest BCUT2D eigenvalue weighted by atomic mass is 32.2. The highest BCUT2D eigenvalue weighted by molar-refractivity contribution is 7.88. The number of fused-ring (bicyclic) bond motifs is 1. The molecule has 1 unspecified atom stereocenters. The first-order valence-electron chi connectivity index (χ1n) is 9.79. The van der Waals surface area contributed by atoms with Crippen LogP contribution in [-0.2, 0) is 10.0 Å². The summed E-state index contributed by atoms with van der Waals surface area (Å²) >= 11 is 1.05. The third kappa shape index (κ3) is 4.52. The van der Waals surface area contributed by atoms with Gasteiger partial charge in [-0.05, 0) is 37.5 Å². The molecule has 0 saturated carbocycles. The Balaban J connectivity index is 1.66. The van der Waals surface area contributed by atoms with Gasteiger partial charge in [0.05, 0.1) is 23.9 Å². The molecule has 2 aromatic heterocycles. The summed E-state index contributed by atoms with van der Waals surface area (Å²) < 4.78 is 45.2. The molecule has 0 bridgehead atoms. The molecular formula is C20H21FN4O5S2. The van der Waals surface area contributed by atoms with Crippen molar-refractivity contribution in [3.63, 3.8) is 0 Å². The lowest BCUT2D eigenvalue weighted by atomic mass is 10.1. The maximum atomic E-state index is 14.0. The second-order valence-corrected chi connectivity index (χ2v) is 10.5. The van der Waals surface area contributed by atoms with Gasteiger partial charge < -0.3 is 15.2 Å². The lowest BCUT2D eigenvalue weighted by Crippen LogP contribution is -2.43. The molecule has 4 rings (SSSR count). The fraction of sp³-hybridized carbons (Fsp3) is 0.350. The van der Waals surface area contributed by atoms with Crippen molar-refractivity contribution in [3.8, 4) is 5.75 Å². The van der Waals surface area contributed by atoms with Crippen LogP contribution in [0.5, 0.6) is 5.75 Å². The molecule has 2 N–H and O–H groups in total. The summed E-state index contributed by atoms with van der Waals surface area (Å²) in [4.78, 5) is 20.6. The van der Waals surface area contributed by atoms with E-state index in [4.69, 9.17) is 4.74 Å². The van der Waals surface area contributed by atoms with Crippen LogP contribution in [0.1, 0.15) is 28.1 Å². The maximum absolute atomic E-state index is 14.0. The first kappa shape index (κ1) is 22.4. The van der Waals surface area contributed by atoms with E-state index in [-0.39, 0.29) is 17.2 Å². The number of benzene rings is 1. The summed E-state index contributed by atoms with van der Waals surface area (Å²) in [7, 11) is -3.35. The molecule has 0 amide bonds. The quantitative estimate of drug-likeness (QED) is 0.551. The molecule has 32 heavy (non-hydrogen) atoms. The third-order valence-electron chi connectivity index (χ3n) is 5.22. The monoisotopic (exact) mass is 480 g/mol. The number of aromatic carboxylic acids is 1. The minimum Gasteiger partial charge on any atom is -0.487 e. The molecule has 1 aliphatic heterocycles. The summed E-state index contributed by atoms with van der Waals surface area (Å²) in [6.45, 7) is 2.29. The van der Waals surface area contributed by atoms with Crippen molar-refractivity contribution in [2.45, 2.75) is 25.9 Å². The van der Waals surface area contributed by atoms with Gasteiger partial charge in [-0.2, -0.15) is 4.31 Å². The number of rotatable bonds is 6. The number of hydrogen-bond donors (Lipinski definition) is 2. The van der Waals surface area contributed by atoms with Gasteiger partial charge in [-0.1, -0.05) is 0 Å². The SMILES string of the molecule is Cc1c(C(=O)O)sc2ncnc(Nc3ccc(F)cc3OC3CCCN(S(C)(=O)=O)C3)c12. The highest BCUT2D eigenvalue weighted by Gasteiger charge is 2.28.